The molecule has 12 heteroatoms. The number of nitro benzene ring substituents is 1. The van der Waals surface area contributed by atoms with E-state index in [4.69, 9.17) is 0 Å². The van der Waals surface area contributed by atoms with E-state index in [-0.39, 0.29) is 11.3 Å². The summed E-state index contributed by atoms with van der Waals surface area (Å²) in [5.74, 6) is -2.14. The summed E-state index contributed by atoms with van der Waals surface area (Å²) in [6.45, 7) is 3.14. The Morgan fingerprint density at radius 3 is 2.34 bits per heavy atom. The van der Waals surface area contributed by atoms with Gasteiger partial charge in [0.1, 0.15) is 5.69 Å². The zero-order valence-corrected chi connectivity index (χ0v) is 16.7. The molecule has 2 N–H and O–H groups in total. The van der Waals surface area contributed by atoms with Crippen LogP contribution in [-0.2, 0) is 11.0 Å². The van der Waals surface area contributed by atoms with Gasteiger partial charge >= 0.3 is 12.1 Å². The van der Waals surface area contributed by atoms with Crippen LogP contribution < -0.4 is 10.9 Å². The number of para-hydroxylation sites is 1. The van der Waals surface area contributed by atoms with Crippen LogP contribution in [-0.4, -0.2) is 26.4 Å². The van der Waals surface area contributed by atoms with Crippen LogP contribution in [0.2, 0.25) is 0 Å². The summed E-state index contributed by atoms with van der Waals surface area (Å²) in [6.07, 6.45) is -4.78. The summed E-state index contributed by atoms with van der Waals surface area (Å²) in [7, 11) is 0. The molecule has 32 heavy (non-hydrogen) atoms. The molecule has 166 valence electrons. The quantitative estimate of drug-likeness (QED) is 0.257. The van der Waals surface area contributed by atoms with Gasteiger partial charge in [-0.25, -0.2) is 4.68 Å². The molecule has 0 aliphatic rings. The van der Waals surface area contributed by atoms with Crippen LogP contribution in [0, 0.1) is 24.0 Å². The van der Waals surface area contributed by atoms with E-state index in [1.807, 2.05) is 5.43 Å². The van der Waals surface area contributed by atoms with Crippen LogP contribution in [0.4, 0.5) is 24.5 Å². The Kier molecular flexibility index (Phi) is 5.96. The first-order valence-corrected chi connectivity index (χ1v) is 9.08. The lowest BCUT2D eigenvalue weighted by atomic mass is 10.1. The first kappa shape index (κ1) is 22.5. The minimum Gasteiger partial charge on any atom is -0.292 e. The van der Waals surface area contributed by atoms with Crippen LogP contribution in [0.1, 0.15) is 27.3 Å². The number of carbonyl (C=O) groups excluding carboxylic acids is 2. The van der Waals surface area contributed by atoms with Crippen molar-refractivity contribution >= 4 is 23.1 Å². The monoisotopic (exact) mass is 447 g/mol. The Hall–Kier alpha value is -4.22. The first-order chi connectivity index (χ1) is 15.0. The molecular weight excluding hydrogens is 431 g/mol. The number of aryl methyl sites for hydroxylation is 1. The number of nitro groups is 1. The molecule has 2 aromatic carbocycles. The van der Waals surface area contributed by atoms with Crippen molar-refractivity contribution in [2.45, 2.75) is 20.0 Å². The predicted molar refractivity (Wildman–Crippen MR) is 107 cm³/mol. The summed E-state index contributed by atoms with van der Waals surface area (Å²) < 4.78 is 39.9. The standard InChI is InChI=1S/C20H16F3N5O4/c1-11-17(12(2)27(26-11)14-6-4-3-5-7-14)18(29)19(30)25-24-15-9-8-13(20(21,22)23)10-16(15)28(31)32/h3-10,24H,1-2H3,(H,25,30). The van der Waals surface area contributed by atoms with E-state index in [2.05, 4.69) is 10.5 Å². The van der Waals surface area contributed by atoms with E-state index in [0.29, 0.717) is 23.5 Å². The molecule has 1 amide bonds. The number of halogens is 3. The van der Waals surface area contributed by atoms with Crippen molar-refractivity contribution in [2.24, 2.45) is 0 Å². The largest absolute Gasteiger partial charge is 0.416 e. The maximum absolute atomic E-state index is 12.8. The van der Waals surface area contributed by atoms with Gasteiger partial charge in [-0.05, 0) is 38.1 Å². The Balaban J connectivity index is 1.81. The van der Waals surface area contributed by atoms with Crippen LogP contribution >= 0.6 is 0 Å². The van der Waals surface area contributed by atoms with Gasteiger partial charge in [-0.15, -0.1) is 0 Å². The van der Waals surface area contributed by atoms with E-state index in [1.165, 1.54) is 4.68 Å². The van der Waals surface area contributed by atoms with Crippen LogP contribution in [0.3, 0.4) is 0 Å². The van der Waals surface area contributed by atoms with Crippen LogP contribution in [0.25, 0.3) is 5.69 Å². The van der Waals surface area contributed by atoms with Gasteiger partial charge in [0.25, 0.3) is 11.5 Å². The number of anilines is 1. The van der Waals surface area contributed by atoms with Crippen LogP contribution in [0.5, 0.6) is 0 Å². The highest BCUT2D eigenvalue weighted by molar-refractivity contribution is 6.43. The van der Waals surface area contributed by atoms with E-state index < -0.39 is 39.7 Å². The van der Waals surface area contributed by atoms with E-state index in [9.17, 15) is 32.9 Å². The lowest BCUT2D eigenvalue weighted by Crippen LogP contribution is -2.36. The number of aromatic nitrogens is 2. The molecule has 0 unspecified atom stereocenters. The third-order valence-corrected chi connectivity index (χ3v) is 4.56. The number of ketones is 1. The summed E-state index contributed by atoms with van der Waals surface area (Å²) in [5, 5.41) is 15.4. The van der Waals surface area contributed by atoms with Crippen molar-refractivity contribution in [1.82, 2.24) is 15.2 Å². The lowest BCUT2D eigenvalue weighted by Gasteiger charge is -2.11. The maximum atomic E-state index is 12.8. The summed E-state index contributed by atoms with van der Waals surface area (Å²) in [4.78, 5) is 35.1. The fraction of sp³-hybridized carbons (Fsp3) is 0.150. The Morgan fingerprint density at radius 1 is 1.09 bits per heavy atom. The molecule has 0 radical (unpaired) electrons. The van der Waals surface area contributed by atoms with Crippen molar-refractivity contribution in [3.8, 4) is 5.69 Å². The van der Waals surface area contributed by atoms with Gasteiger partial charge in [-0.2, -0.15) is 18.3 Å². The maximum Gasteiger partial charge on any atom is 0.416 e. The number of Topliss-reactive ketones (excluding diaryl/α,β-unsaturated/α-hetero) is 1. The highest BCUT2D eigenvalue weighted by atomic mass is 19.4. The molecule has 1 aromatic heterocycles. The molecule has 3 aromatic rings. The molecule has 0 spiro atoms. The zero-order chi connectivity index (χ0) is 23.6. The topological polar surface area (TPSA) is 119 Å². The molecule has 9 nitrogen and oxygen atoms in total. The summed E-state index contributed by atoms with van der Waals surface area (Å²) in [6, 6.07) is 10.6. The normalized spacial score (nSPS) is 11.2. The van der Waals surface area contributed by atoms with Crippen molar-refractivity contribution in [1.29, 1.82) is 0 Å². The molecule has 0 bridgehead atoms. The van der Waals surface area contributed by atoms with Gasteiger partial charge in [-0.3, -0.25) is 30.6 Å². The fourth-order valence-corrected chi connectivity index (χ4v) is 3.05. The average Bonchev–Trinajstić information content (AvgIpc) is 3.05. The fourth-order valence-electron chi connectivity index (χ4n) is 3.05. The van der Waals surface area contributed by atoms with Crippen molar-refractivity contribution in [2.75, 3.05) is 5.43 Å². The zero-order valence-electron chi connectivity index (χ0n) is 16.7. The van der Waals surface area contributed by atoms with E-state index in [1.54, 1.807) is 44.2 Å². The van der Waals surface area contributed by atoms with Gasteiger partial charge in [0.2, 0.25) is 0 Å². The van der Waals surface area contributed by atoms with Gasteiger partial charge < -0.3 is 0 Å². The highest BCUT2D eigenvalue weighted by Gasteiger charge is 2.33. The molecule has 0 saturated carbocycles. The number of hydrazine groups is 1. The number of carbonyl (C=O) groups is 2. The number of hydrogen-bond donors (Lipinski definition) is 2. The van der Waals surface area contributed by atoms with Gasteiger partial charge in [0, 0.05) is 6.07 Å². The SMILES string of the molecule is Cc1nn(-c2ccccc2)c(C)c1C(=O)C(=O)NNc1ccc(C(F)(F)F)cc1[N+](=O)[O-]. The molecule has 0 fully saturated rings. The number of benzene rings is 2. The Labute approximate surface area is 179 Å². The third-order valence-electron chi connectivity index (χ3n) is 4.56. The molecule has 1 heterocycles. The molecule has 0 aliphatic heterocycles. The lowest BCUT2D eigenvalue weighted by molar-refractivity contribution is -0.384. The predicted octanol–water partition coefficient (Wildman–Crippen LogP) is 3.74. The Bertz CT molecular complexity index is 1210. The molecule has 0 saturated heterocycles. The molecule has 3 rings (SSSR count). The van der Waals surface area contributed by atoms with E-state index in [0.717, 1.165) is 6.07 Å². The molecular formula is C20H16F3N5O4. The van der Waals surface area contributed by atoms with Crippen molar-refractivity contribution < 1.29 is 27.7 Å². The molecule has 0 aliphatic carbocycles. The summed E-state index contributed by atoms with van der Waals surface area (Å²) >= 11 is 0. The number of alkyl halides is 3. The number of rotatable bonds is 6. The van der Waals surface area contributed by atoms with Gasteiger partial charge in [0.15, 0.2) is 0 Å². The second-order valence-corrected chi connectivity index (χ2v) is 6.69. The molecule has 0 atom stereocenters. The van der Waals surface area contributed by atoms with Crippen LogP contribution in [0.15, 0.2) is 48.5 Å². The second kappa shape index (κ2) is 8.49. The number of hydrogen-bond acceptors (Lipinski definition) is 6. The smallest absolute Gasteiger partial charge is 0.292 e. The average molecular weight is 447 g/mol. The number of nitrogens with one attached hydrogen (secondary N) is 2. The van der Waals surface area contributed by atoms with Crippen molar-refractivity contribution in [3.05, 3.63) is 81.2 Å². The minimum absolute atomic E-state index is 0.0371. The van der Waals surface area contributed by atoms with E-state index >= 15 is 0 Å². The summed E-state index contributed by atoms with van der Waals surface area (Å²) in [5.41, 5.74) is 2.96. The minimum atomic E-state index is -4.78. The second-order valence-electron chi connectivity index (χ2n) is 6.69. The Morgan fingerprint density at radius 2 is 1.75 bits per heavy atom. The van der Waals surface area contributed by atoms with Gasteiger partial charge in [-0.1, -0.05) is 18.2 Å². The third kappa shape index (κ3) is 4.43. The highest BCUT2D eigenvalue weighted by Crippen LogP contribution is 2.34. The number of nitrogens with zero attached hydrogens (tertiary/aromatic N) is 3. The number of amides is 1. The van der Waals surface area contributed by atoms with Crippen molar-refractivity contribution in [3.63, 3.8) is 0 Å². The first-order valence-electron chi connectivity index (χ1n) is 9.08. The van der Waals surface area contributed by atoms with Gasteiger partial charge in [0.05, 0.1) is 33.1 Å².